The van der Waals surface area contributed by atoms with Crippen molar-refractivity contribution in [3.63, 3.8) is 0 Å². The van der Waals surface area contributed by atoms with Crippen molar-refractivity contribution in [2.45, 2.75) is 48.0 Å². The lowest BCUT2D eigenvalue weighted by Gasteiger charge is -2.00. The Balaban J connectivity index is 0. The Morgan fingerprint density at radius 3 is 1.84 bits per heavy atom. The van der Waals surface area contributed by atoms with Crippen LogP contribution in [0.2, 0.25) is 0 Å². The van der Waals surface area contributed by atoms with Crippen molar-refractivity contribution < 1.29 is 0 Å². The molecule has 0 nitrogen and oxygen atoms in total. The van der Waals surface area contributed by atoms with Gasteiger partial charge in [-0.1, -0.05) is 90.1 Å². The first-order valence-electron chi connectivity index (χ1n) is 7.49. The molecule has 0 bridgehead atoms. The van der Waals surface area contributed by atoms with E-state index in [2.05, 4.69) is 49.0 Å². The van der Waals surface area contributed by atoms with E-state index in [1.54, 1.807) is 0 Å². The summed E-state index contributed by atoms with van der Waals surface area (Å²) in [6, 6.07) is 14.9. The van der Waals surface area contributed by atoms with E-state index in [9.17, 15) is 0 Å². The van der Waals surface area contributed by atoms with Crippen LogP contribution in [0.4, 0.5) is 0 Å². The van der Waals surface area contributed by atoms with E-state index in [1.165, 1.54) is 16.3 Å². The molecular formula is C19H30. The predicted octanol–water partition coefficient (Wildman–Crippen LogP) is 6.65. The summed E-state index contributed by atoms with van der Waals surface area (Å²) in [4.78, 5) is 0. The number of hydrogen-bond acceptors (Lipinski definition) is 0. The van der Waals surface area contributed by atoms with Crippen molar-refractivity contribution in [3.05, 3.63) is 60.7 Å². The number of fused-ring (bicyclic) bond motifs is 1. The molecule has 2 aromatic rings. The number of benzene rings is 2. The molecule has 0 heteroatoms. The third-order valence-electron chi connectivity index (χ3n) is 2.19. The van der Waals surface area contributed by atoms with Gasteiger partial charge < -0.3 is 0 Å². The normalized spacial score (nSPS) is 7.89. The van der Waals surface area contributed by atoms with Crippen LogP contribution in [0, 0.1) is 0 Å². The second-order valence-corrected chi connectivity index (χ2v) is 3.17. The molecule has 0 aromatic heterocycles. The second kappa shape index (κ2) is 14.5. The Bertz CT molecular complexity index is 427. The fourth-order valence-corrected chi connectivity index (χ4v) is 1.53. The summed E-state index contributed by atoms with van der Waals surface area (Å²) in [6.45, 7) is 15.7. The molecule has 2 rings (SSSR count). The Hall–Kier alpha value is -1.56. The molecule has 0 N–H and O–H groups in total. The predicted molar refractivity (Wildman–Crippen MR) is 91.9 cm³/mol. The van der Waals surface area contributed by atoms with Crippen molar-refractivity contribution in [1.29, 1.82) is 0 Å². The zero-order valence-electron chi connectivity index (χ0n) is 13.5. The van der Waals surface area contributed by atoms with Crippen molar-refractivity contribution in [3.8, 4) is 0 Å². The fraction of sp³-hybridized carbons (Fsp3) is 0.368. The maximum absolute atomic E-state index is 3.74. The van der Waals surface area contributed by atoms with Gasteiger partial charge in [0.05, 0.1) is 0 Å². The molecular weight excluding hydrogens is 228 g/mol. The molecule has 0 fully saturated rings. The molecule has 0 radical (unpaired) electrons. The van der Waals surface area contributed by atoms with Gasteiger partial charge in [0.15, 0.2) is 0 Å². The Morgan fingerprint density at radius 2 is 1.32 bits per heavy atom. The van der Waals surface area contributed by atoms with Gasteiger partial charge in [-0.25, -0.2) is 0 Å². The Morgan fingerprint density at radius 1 is 0.789 bits per heavy atom. The second-order valence-electron chi connectivity index (χ2n) is 3.17. The smallest absolute Gasteiger partial charge is 0.00999 e. The van der Waals surface area contributed by atoms with Gasteiger partial charge in [-0.05, 0) is 22.8 Å². The van der Waals surface area contributed by atoms with Crippen LogP contribution in [0.1, 0.15) is 47.1 Å². The molecule has 2 aromatic carbocycles. The maximum atomic E-state index is 3.74. The van der Waals surface area contributed by atoms with Gasteiger partial charge >= 0.3 is 0 Å². The summed E-state index contributed by atoms with van der Waals surface area (Å²) in [5.74, 6) is 0. The standard InChI is InChI=1S/C13H12.3C2H6/c1-2-5-11-8-9-12-6-3-4-7-13(12)10-11;3*1-2/h2-4,6-10H,1,5H2;3*1-2H3. The summed E-state index contributed by atoms with van der Waals surface area (Å²) >= 11 is 0. The van der Waals surface area contributed by atoms with Crippen LogP contribution >= 0.6 is 0 Å². The summed E-state index contributed by atoms with van der Waals surface area (Å²) < 4.78 is 0. The first kappa shape index (κ1) is 19.8. The molecule has 19 heavy (non-hydrogen) atoms. The minimum atomic E-state index is 0.949. The Labute approximate surface area is 120 Å². The monoisotopic (exact) mass is 258 g/mol. The van der Waals surface area contributed by atoms with Gasteiger partial charge in [-0.15, -0.1) is 6.58 Å². The van der Waals surface area contributed by atoms with E-state index in [0.29, 0.717) is 0 Å². The van der Waals surface area contributed by atoms with Crippen LogP contribution in [0.15, 0.2) is 55.1 Å². The van der Waals surface area contributed by atoms with Crippen LogP contribution < -0.4 is 0 Å². The largest absolute Gasteiger partial charge is 0.103 e. The SMILES string of the molecule is C=CCc1ccc2ccccc2c1.CC.CC.CC. The summed E-state index contributed by atoms with van der Waals surface area (Å²) in [5.41, 5.74) is 1.33. The van der Waals surface area contributed by atoms with E-state index in [4.69, 9.17) is 0 Å². The average molecular weight is 258 g/mol. The summed E-state index contributed by atoms with van der Waals surface area (Å²) in [5, 5.41) is 2.61. The Kier molecular flexibility index (Phi) is 15.1. The molecule has 0 aliphatic rings. The van der Waals surface area contributed by atoms with E-state index in [0.717, 1.165) is 6.42 Å². The van der Waals surface area contributed by atoms with Crippen molar-refractivity contribution in [1.82, 2.24) is 0 Å². The molecule has 0 aliphatic carbocycles. The first-order valence-corrected chi connectivity index (χ1v) is 7.49. The van der Waals surface area contributed by atoms with Gasteiger partial charge in [-0.2, -0.15) is 0 Å². The molecule has 0 atom stereocenters. The molecule has 0 amide bonds. The number of rotatable bonds is 2. The van der Waals surface area contributed by atoms with E-state index < -0.39 is 0 Å². The zero-order valence-corrected chi connectivity index (χ0v) is 13.5. The minimum absolute atomic E-state index is 0.949. The lowest BCUT2D eigenvalue weighted by Crippen LogP contribution is -1.80. The van der Waals surface area contributed by atoms with Gasteiger partial charge in [0.25, 0.3) is 0 Å². The lowest BCUT2D eigenvalue weighted by atomic mass is 10.1. The van der Waals surface area contributed by atoms with Crippen molar-refractivity contribution in [2.75, 3.05) is 0 Å². The fourth-order valence-electron chi connectivity index (χ4n) is 1.53. The molecule has 0 unspecified atom stereocenters. The van der Waals surface area contributed by atoms with E-state index in [-0.39, 0.29) is 0 Å². The molecule has 106 valence electrons. The van der Waals surface area contributed by atoms with E-state index >= 15 is 0 Å². The first-order chi connectivity index (χ1) is 9.40. The highest BCUT2D eigenvalue weighted by Gasteiger charge is 1.93. The van der Waals surface area contributed by atoms with Crippen LogP contribution in [-0.2, 0) is 6.42 Å². The molecule has 0 spiro atoms. The average Bonchev–Trinajstić information content (AvgIpc) is 2.53. The maximum Gasteiger partial charge on any atom is -0.00999 e. The van der Waals surface area contributed by atoms with Crippen molar-refractivity contribution in [2.24, 2.45) is 0 Å². The van der Waals surface area contributed by atoms with Crippen molar-refractivity contribution >= 4 is 10.8 Å². The minimum Gasteiger partial charge on any atom is -0.103 e. The molecule has 0 aliphatic heterocycles. The van der Waals surface area contributed by atoms with Crippen LogP contribution in [0.25, 0.3) is 10.8 Å². The van der Waals surface area contributed by atoms with Crippen LogP contribution in [-0.4, -0.2) is 0 Å². The van der Waals surface area contributed by atoms with Gasteiger partial charge in [0.1, 0.15) is 0 Å². The molecule has 0 heterocycles. The van der Waals surface area contributed by atoms with Crippen LogP contribution in [0.5, 0.6) is 0 Å². The number of allylic oxidation sites excluding steroid dienone is 1. The van der Waals surface area contributed by atoms with Gasteiger partial charge in [0, 0.05) is 0 Å². The summed E-state index contributed by atoms with van der Waals surface area (Å²) in [7, 11) is 0. The highest BCUT2D eigenvalue weighted by atomic mass is 14.0. The zero-order chi connectivity index (χ0) is 15.1. The topological polar surface area (TPSA) is 0 Å². The third kappa shape index (κ3) is 7.46. The summed E-state index contributed by atoms with van der Waals surface area (Å²) in [6.07, 6.45) is 2.88. The van der Waals surface area contributed by atoms with Gasteiger partial charge in [-0.3, -0.25) is 0 Å². The third-order valence-corrected chi connectivity index (χ3v) is 2.19. The molecule has 0 saturated heterocycles. The highest BCUT2D eigenvalue weighted by Crippen LogP contribution is 2.15. The van der Waals surface area contributed by atoms with E-state index in [1.807, 2.05) is 47.6 Å². The molecule has 0 saturated carbocycles. The number of hydrogen-bond donors (Lipinski definition) is 0. The quantitative estimate of drug-likeness (QED) is 0.529. The van der Waals surface area contributed by atoms with Gasteiger partial charge in [0.2, 0.25) is 0 Å². The van der Waals surface area contributed by atoms with Crippen LogP contribution in [0.3, 0.4) is 0 Å². The lowest BCUT2D eigenvalue weighted by molar-refractivity contribution is 1.29. The highest BCUT2D eigenvalue weighted by molar-refractivity contribution is 5.83.